The first kappa shape index (κ1) is 21.3. The van der Waals surface area contributed by atoms with Gasteiger partial charge < -0.3 is 10.2 Å². The number of carbonyl (C=O) groups is 2. The van der Waals surface area contributed by atoms with Gasteiger partial charge in [0.15, 0.2) is 0 Å². The quantitative estimate of drug-likeness (QED) is 0.740. The number of amides is 2. The zero-order valence-corrected chi connectivity index (χ0v) is 18.0. The Morgan fingerprint density at radius 3 is 2.55 bits per heavy atom. The van der Waals surface area contributed by atoms with Crippen molar-refractivity contribution >= 4 is 17.5 Å². The fourth-order valence-corrected chi connectivity index (χ4v) is 3.90. The predicted molar refractivity (Wildman–Crippen MR) is 118 cm³/mol. The van der Waals surface area contributed by atoms with E-state index in [1.165, 1.54) is 11.1 Å². The second-order valence-electron chi connectivity index (χ2n) is 8.34. The number of fused-ring (bicyclic) bond motifs is 1. The van der Waals surface area contributed by atoms with Crippen molar-refractivity contribution in [1.82, 2.24) is 9.80 Å². The zero-order chi connectivity index (χ0) is 20.8. The number of hydrogen-bond acceptors (Lipinski definition) is 3. The van der Waals surface area contributed by atoms with Crippen molar-refractivity contribution < 1.29 is 9.59 Å². The van der Waals surface area contributed by atoms with Gasteiger partial charge in [-0.3, -0.25) is 14.5 Å². The summed E-state index contributed by atoms with van der Waals surface area (Å²) >= 11 is 0. The lowest BCUT2D eigenvalue weighted by Crippen LogP contribution is -2.48. The monoisotopic (exact) mass is 395 g/mol. The molecular formula is C24H33N3O2. The molecule has 0 saturated carbocycles. The highest BCUT2D eigenvalue weighted by atomic mass is 16.2. The smallest absolute Gasteiger partial charge is 0.254 e. The number of hydrogen-bond donors (Lipinski definition) is 1. The van der Waals surface area contributed by atoms with E-state index in [-0.39, 0.29) is 11.8 Å². The number of nitrogens with one attached hydrogen (secondary N) is 1. The van der Waals surface area contributed by atoms with Crippen LogP contribution < -0.4 is 5.32 Å². The molecule has 156 valence electrons. The van der Waals surface area contributed by atoms with Gasteiger partial charge in [0.2, 0.25) is 5.91 Å². The highest BCUT2D eigenvalue weighted by Crippen LogP contribution is 2.27. The first-order chi connectivity index (χ1) is 13.9. The van der Waals surface area contributed by atoms with E-state index in [4.69, 9.17) is 0 Å². The second-order valence-corrected chi connectivity index (χ2v) is 8.34. The van der Waals surface area contributed by atoms with E-state index in [9.17, 15) is 9.59 Å². The molecule has 0 unspecified atom stereocenters. The maximum Gasteiger partial charge on any atom is 0.254 e. The lowest BCUT2D eigenvalue weighted by atomic mass is 9.96. The van der Waals surface area contributed by atoms with E-state index < -0.39 is 0 Å². The topological polar surface area (TPSA) is 52.7 Å². The molecule has 5 nitrogen and oxygen atoms in total. The first-order valence-corrected chi connectivity index (χ1v) is 10.7. The van der Waals surface area contributed by atoms with Gasteiger partial charge in [-0.15, -0.1) is 0 Å². The van der Waals surface area contributed by atoms with Crippen molar-refractivity contribution in [2.24, 2.45) is 0 Å². The maximum atomic E-state index is 13.1. The molecule has 0 radical (unpaired) electrons. The second kappa shape index (κ2) is 9.88. The fourth-order valence-electron chi connectivity index (χ4n) is 3.90. The van der Waals surface area contributed by atoms with Crippen LogP contribution in [0.3, 0.4) is 0 Å². The average Bonchev–Trinajstić information content (AvgIpc) is 2.71. The van der Waals surface area contributed by atoms with Gasteiger partial charge in [-0.1, -0.05) is 29.4 Å². The van der Waals surface area contributed by atoms with E-state index >= 15 is 0 Å². The van der Waals surface area contributed by atoms with Crippen molar-refractivity contribution in [3.05, 3.63) is 52.6 Å². The molecule has 2 aliphatic heterocycles. The minimum absolute atomic E-state index is 0.0277. The van der Waals surface area contributed by atoms with Crippen LogP contribution in [0.2, 0.25) is 0 Å². The van der Waals surface area contributed by atoms with Crippen LogP contribution >= 0.6 is 0 Å². The van der Waals surface area contributed by atoms with Crippen molar-refractivity contribution in [1.29, 1.82) is 0 Å². The first-order valence-electron chi connectivity index (χ1n) is 10.7. The number of nitrogens with zero attached hydrogens (tertiary/aromatic N) is 2. The van der Waals surface area contributed by atoms with Gasteiger partial charge in [-0.05, 0) is 57.7 Å². The predicted octanol–water partition coefficient (Wildman–Crippen LogP) is 4.02. The Bertz CT molecular complexity index is 813. The maximum absolute atomic E-state index is 13.1. The number of carbonyl (C=O) groups excluding carboxylic acids is 2. The van der Waals surface area contributed by atoms with E-state index in [1.54, 1.807) is 0 Å². The molecular weight excluding hydrogens is 362 g/mol. The summed E-state index contributed by atoms with van der Waals surface area (Å²) in [4.78, 5) is 29.1. The summed E-state index contributed by atoms with van der Waals surface area (Å²) in [5.41, 5.74) is 5.32. The Kier molecular flexibility index (Phi) is 7.26. The van der Waals surface area contributed by atoms with Gasteiger partial charge in [0, 0.05) is 50.4 Å². The molecule has 0 bridgehead atoms. The minimum Gasteiger partial charge on any atom is -0.336 e. The standard InChI is InChI=1S/C24H33N3O2/c1-18(2)6-4-7-19(3)12-13-26-14-16-27(17-15-26)24(29)21-8-5-9-22-20(21)10-11-23(28)25-22/h5-6,8-9,12H,4,7,10-11,13-17H2,1-3H3,(H,25,28)/b19-12+. The summed E-state index contributed by atoms with van der Waals surface area (Å²) in [6, 6.07) is 5.63. The Hall–Kier alpha value is -2.40. The molecule has 1 saturated heterocycles. The molecule has 29 heavy (non-hydrogen) atoms. The number of anilines is 1. The molecule has 2 aliphatic rings. The van der Waals surface area contributed by atoms with Crippen LogP contribution in [-0.2, 0) is 11.2 Å². The number of piperazine rings is 1. The van der Waals surface area contributed by atoms with Crippen molar-refractivity contribution in [3.63, 3.8) is 0 Å². The van der Waals surface area contributed by atoms with Crippen molar-refractivity contribution in [3.8, 4) is 0 Å². The van der Waals surface area contributed by atoms with Gasteiger partial charge in [0.25, 0.3) is 5.91 Å². The Labute approximate surface area is 174 Å². The average molecular weight is 396 g/mol. The Morgan fingerprint density at radius 1 is 1.07 bits per heavy atom. The molecule has 1 N–H and O–H groups in total. The van der Waals surface area contributed by atoms with Gasteiger partial charge in [-0.25, -0.2) is 0 Å². The van der Waals surface area contributed by atoms with E-state index in [0.717, 1.165) is 62.4 Å². The van der Waals surface area contributed by atoms with Crippen LogP contribution in [0.1, 0.15) is 56.0 Å². The van der Waals surface area contributed by atoms with Crippen molar-refractivity contribution in [2.75, 3.05) is 38.0 Å². The lowest BCUT2D eigenvalue weighted by Gasteiger charge is -2.35. The highest BCUT2D eigenvalue weighted by molar-refractivity contribution is 6.01. The molecule has 0 spiro atoms. The molecule has 3 rings (SSSR count). The van der Waals surface area contributed by atoms with Crippen LogP contribution in [0.4, 0.5) is 5.69 Å². The lowest BCUT2D eigenvalue weighted by molar-refractivity contribution is -0.116. The summed E-state index contributed by atoms with van der Waals surface area (Å²) < 4.78 is 0. The zero-order valence-electron chi connectivity index (χ0n) is 18.0. The van der Waals surface area contributed by atoms with Crippen molar-refractivity contribution in [2.45, 2.75) is 46.5 Å². The SMILES string of the molecule is CC(C)=CCC/C(C)=C/CN1CCN(C(=O)c2cccc3c2CCC(=O)N3)CC1. The van der Waals surface area contributed by atoms with Gasteiger partial charge in [0.1, 0.15) is 0 Å². The third-order valence-corrected chi connectivity index (χ3v) is 5.73. The summed E-state index contributed by atoms with van der Waals surface area (Å²) in [7, 11) is 0. The largest absolute Gasteiger partial charge is 0.336 e. The molecule has 2 amide bonds. The fraction of sp³-hybridized carbons (Fsp3) is 0.500. The molecule has 2 heterocycles. The normalized spacial score (nSPS) is 17.6. The molecule has 0 aromatic heterocycles. The number of rotatable bonds is 6. The molecule has 1 aromatic rings. The van der Waals surface area contributed by atoms with Gasteiger partial charge >= 0.3 is 0 Å². The van der Waals surface area contributed by atoms with Gasteiger partial charge in [0.05, 0.1) is 0 Å². The summed E-state index contributed by atoms with van der Waals surface area (Å²) in [6.07, 6.45) is 7.92. The van der Waals surface area contributed by atoms with Crippen LogP contribution in [-0.4, -0.2) is 54.3 Å². The molecule has 1 aromatic carbocycles. The van der Waals surface area contributed by atoms with Gasteiger partial charge in [-0.2, -0.15) is 0 Å². The molecule has 0 aliphatic carbocycles. The molecule has 0 atom stereocenters. The third-order valence-electron chi connectivity index (χ3n) is 5.73. The summed E-state index contributed by atoms with van der Waals surface area (Å²) in [6.45, 7) is 10.7. The van der Waals surface area contributed by atoms with Crippen LogP contribution in [0.5, 0.6) is 0 Å². The molecule has 5 heteroatoms. The van der Waals surface area contributed by atoms with Crippen LogP contribution in [0.15, 0.2) is 41.5 Å². The Morgan fingerprint density at radius 2 is 1.83 bits per heavy atom. The minimum atomic E-state index is 0.0277. The van der Waals surface area contributed by atoms with Crippen LogP contribution in [0.25, 0.3) is 0 Å². The Balaban J connectivity index is 1.52. The highest BCUT2D eigenvalue weighted by Gasteiger charge is 2.26. The number of benzene rings is 1. The summed E-state index contributed by atoms with van der Waals surface area (Å²) in [5.74, 6) is 0.117. The van der Waals surface area contributed by atoms with E-state index in [2.05, 4.69) is 43.1 Å². The van der Waals surface area contributed by atoms with Crippen LogP contribution in [0, 0.1) is 0 Å². The third kappa shape index (κ3) is 5.80. The number of allylic oxidation sites excluding steroid dienone is 3. The molecule has 1 fully saturated rings. The van der Waals surface area contributed by atoms with E-state index in [0.29, 0.717) is 12.8 Å². The summed E-state index contributed by atoms with van der Waals surface area (Å²) in [5, 5.41) is 2.89. The van der Waals surface area contributed by atoms with E-state index in [1.807, 2.05) is 23.1 Å².